The van der Waals surface area contributed by atoms with E-state index in [0.29, 0.717) is 12.0 Å². The molecular weight excluding hydrogens is 311 g/mol. The summed E-state index contributed by atoms with van der Waals surface area (Å²) >= 11 is 0. The summed E-state index contributed by atoms with van der Waals surface area (Å²) in [6.45, 7) is 0. The van der Waals surface area contributed by atoms with Crippen LogP contribution < -0.4 is 4.74 Å². The van der Waals surface area contributed by atoms with Gasteiger partial charge in [-0.2, -0.15) is 10.2 Å². The molecule has 2 aromatic rings. The molecule has 0 aliphatic heterocycles. The van der Waals surface area contributed by atoms with Gasteiger partial charge >= 0.3 is 5.97 Å². The zero-order chi connectivity index (χ0) is 17.2. The molecule has 0 saturated heterocycles. The topological polar surface area (TPSA) is 68.1 Å². The maximum Gasteiger partial charge on any atom is 0.311 e. The number of rotatable bonds is 7. The van der Waals surface area contributed by atoms with E-state index in [-0.39, 0.29) is 18.7 Å². The minimum absolute atomic E-state index is 0.0603. The molecule has 0 aliphatic rings. The van der Waals surface area contributed by atoms with Crippen LogP contribution >= 0.6 is 0 Å². The molecule has 0 fully saturated rings. The van der Waals surface area contributed by atoms with E-state index in [1.165, 1.54) is 24.6 Å². The molecule has 0 unspecified atom stereocenters. The average molecular weight is 326 g/mol. The lowest BCUT2D eigenvalue weighted by atomic mass is 10.2. The average Bonchev–Trinajstić information content (AvgIpc) is 2.60. The molecule has 5 nitrogen and oxygen atoms in total. The number of nitrogens with zero attached hydrogens (tertiary/aromatic N) is 2. The van der Waals surface area contributed by atoms with Gasteiger partial charge in [-0.25, -0.2) is 4.39 Å². The monoisotopic (exact) mass is 326 g/mol. The third kappa shape index (κ3) is 5.92. The van der Waals surface area contributed by atoms with Crippen LogP contribution in [-0.2, 0) is 9.59 Å². The summed E-state index contributed by atoms with van der Waals surface area (Å²) in [5.74, 6) is -0.354. The molecule has 6 heteroatoms. The summed E-state index contributed by atoms with van der Waals surface area (Å²) in [5, 5.41) is 7.77. The van der Waals surface area contributed by atoms with Gasteiger partial charge in [0.05, 0.1) is 18.9 Å². The Morgan fingerprint density at radius 1 is 0.958 bits per heavy atom. The third-order valence-electron chi connectivity index (χ3n) is 2.93. The van der Waals surface area contributed by atoms with Gasteiger partial charge in [-0.1, -0.05) is 12.1 Å². The lowest BCUT2D eigenvalue weighted by molar-refractivity contribution is -0.135. The Balaban J connectivity index is 1.87. The van der Waals surface area contributed by atoms with Gasteiger partial charge in [-0.05, 0) is 47.5 Å². The van der Waals surface area contributed by atoms with Crippen molar-refractivity contribution >= 4 is 24.7 Å². The predicted octanol–water partition coefficient (Wildman–Crippen LogP) is 3.16. The molecule has 0 aliphatic carbocycles. The molecule has 0 saturated carbocycles. The van der Waals surface area contributed by atoms with E-state index < -0.39 is 5.97 Å². The van der Waals surface area contributed by atoms with Crippen LogP contribution in [0.25, 0.3) is 0 Å². The van der Waals surface area contributed by atoms with Crippen LogP contribution in [0.15, 0.2) is 58.7 Å². The van der Waals surface area contributed by atoms with Crippen LogP contribution in [0.3, 0.4) is 0 Å². The summed E-state index contributed by atoms with van der Waals surface area (Å²) in [4.78, 5) is 21.6. The first-order chi connectivity index (χ1) is 11.7. The number of aldehydes is 1. The molecular formula is C18H15FN2O3. The molecule has 0 N–H and O–H groups in total. The Bertz CT molecular complexity index is 738. The number of hydrogen-bond donors (Lipinski definition) is 0. The number of benzene rings is 2. The molecule has 0 atom stereocenters. The van der Waals surface area contributed by atoms with Crippen LogP contribution in [0, 0.1) is 5.82 Å². The van der Waals surface area contributed by atoms with E-state index in [4.69, 9.17) is 4.74 Å². The Labute approximate surface area is 138 Å². The minimum atomic E-state index is -0.451. The number of ether oxygens (including phenoxy) is 1. The molecule has 0 spiro atoms. The fourth-order valence-electron chi connectivity index (χ4n) is 1.73. The molecule has 2 rings (SSSR count). The molecule has 122 valence electrons. The van der Waals surface area contributed by atoms with Crippen LogP contribution in [0.4, 0.5) is 4.39 Å². The standard InChI is InChI=1S/C18H15FN2O3/c19-16-7-3-14(4-8-16)12-20-21-13-15-5-9-17(10-6-15)24-18(23)2-1-11-22/h3-13H,1-2H2/b20-12+,21-13+. The van der Waals surface area contributed by atoms with E-state index in [2.05, 4.69) is 10.2 Å². The van der Waals surface area contributed by atoms with Gasteiger partial charge in [0.15, 0.2) is 0 Å². The van der Waals surface area contributed by atoms with Crippen molar-refractivity contribution in [3.8, 4) is 5.75 Å². The second-order valence-corrected chi connectivity index (χ2v) is 4.79. The van der Waals surface area contributed by atoms with Gasteiger partial charge in [0.25, 0.3) is 0 Å². The maximum atomic E-state index is 12.7. The lowest BCUT2D eigenvalue weighted by Gasteiger charge is -2.02. The number of esters is 1. The van der Waals surface area contributed by atoms with Gasteiger partial charge in [0, 0.05) is 6.42 Å². The highest BCUT2D eigenvalue weighted by Gasteiger charge is 2.03. The van der Waals surface area contributed by atoms with E-state index in [1.54, 1.807) is 36.4 Å². The summed E-state index contributed by atoms with van der Waals surface area (Å²) < 4.78 is 17.8. The van der Waals surface area contributed by atoms with Crippen molar-refractivity contribution in [2.45, 2.75) is 12.8 Å². The number of halogens is 1. The lowest BCUT2D eigenvalue weighted by Crippen LogP contribution is -2.07. The molecule has 0 amide bonds. The highest BCUT2D eigenvalue weighted by Crippen LogP contribution is 2.12. The van der Waals surface area contributed by atoms with Gasteiger partial charge in [0.1, 0.15) is 17.9 Å². The van der Waals surface area contributed by atoms with Crippen molar-refractivity contribution in [3.63, 3.8) is 0 Å². The summed E-state index contributed by atoms with van der Waals surface area (Å²) in [6.07, 6.45) is 3.94. The zero-order valence-corrected chi connectivity index (χ0v) is 12.8. The number of carbonyl (C=O) groups is 2. The first-order valence-corrected chi connectivity index (χ1v) is 7.24. The van der Waals surface area contributed by atoms with E-state index in [0.717, 1.165) is 11.1 Å². The van der Waals surface area contributed by atoms with Crippen LogP contribution in [0.2, 0.25) is 0 Å². The first kappa shape index (κ1) is 17.2. The van der Waals surface area contributed by atoms with Gasteiger partial charge in [-0.3, -0.25) is 4.79 Å². The Hall–Kier alpha value is -3.15. The molecule has 0 bridgehead atoms. The van der Waals surface area contributed by atoms with E-state index in [9.17, 15) is 14.0 Å². The second kappa shape index (κ2) is 9.09. The van der Waals surface area contributed by atoms with Crippen LogP contribution in [-0.4, -0.2) is 24.7 Å². The van der Waals surface area contributed by atoms with E-state index >= 15 is 0 Å². The van der Waals surface area contributed by atoms with Crippen molar-refractivity contribution in [1.82, 2.24) is 0 Å². The summed E-state index contributed by atoms with van der Waals surface area (Å²) in [7, 11) is 0. The number of hydrogen-bond acceptors (Lipinski definition) is 5. The minimum Gasteiger partial charge on any atom is -0.427 e. The SMILES string of the molecule is O=CCCC(=O)Oc1ccc(/C=N/N=C/c2ccc(F)cc2)cc1. The highest BCUT2D eigenvalue weighted by atomic mass is 19.1. The van der Waals surface area contributed by atoms with Gasteiger partial charge in [0.2, 0.25) is 0 Å². The smallest absolute Gasteiger partial charge is 0.311 e. The van der Waals surface area contributed by atoms with Crippen molar-refractivity contribution in [1.29, 1.82) is 0 Å². The fourth-order valence-corrected chi connectivity index (χ4v) is 1.73. The molecule has 2 aromatic carbocycles. The predicted molar refractivity (Wildman–Crippen MR) is 89.0 cm³/mol. The third-order valence-corrected chi connectivity index (χ3v) is 2.93. The van der Waals surface area contributed by atoms with Crippen LogP contribution in [0.1, 0.15) is 24.0 Å². The number of carbonyl (C=O) groups excluding carboxylic acids is 2. The quantitative estimate of drug-likeness (QED) is 0.258. The fraction of sp³-hybridized carbons (Fsp3) is 0.111. The Morgan fingerprint density at radius 2 is 1.50 bits per heavy atom. The highest BCUT2D eigenvalue weighted by molar-refractivity contribution is 5.83. The molecule has 0 radical (unpaired) electrons. The van der Waals surface area contributed by atoms with Gasteiger partial charge in [-0.15, -0.1) is 0 Å². The normalized spacial score (nSPS) is 11.0. The van der Waals surface area contributed by atoms with Crippen LogP contribution in [0.5, 0.6) is 5.75 Å². The molecule has 0 heterocycles. The Kier molecular flexibility index (Phi) is 6.52. The van der Waals surface area contributed by atoms with Gasteiger partial charge < -0.3 is 9.53 Å². The first-order valence-electron chi connectivity index (χ1n) is 7.24. The Morgan fingerprint density at radius 3 is 2.04 bits per heavy atom. The zero-order valence-electron chi connectivity index (χ0n) is 12.8. The molecule has 24 heavy (non-hydrogen) atoms. The summed E-state index contributed by atoms with van der Waals surface area (Å²) in [6, 6.07) is 12.6. The van der Waals surface area contributed by atoms with Crippen molar-refractivity contribution < 1.29 is 18.7 Å². The van der Waals surface area contributed by atoms with Crippen molar-refractivity contribution in [3.05, 3.63) is 65.5 Å². The maximum absolute atomic E-state index is 12.7. The van der Waals surface area contributed by atoms with Crippen molar-refractivity contribution in [2.24, 2.45) is 10.2 Å². The largest absolute Gasteiger partial charge is 0.427 e. The molecule has 0 aromatic heterocycles. The van der Waals surface area contributed by atoms with E-state index in [1.807, 2.05) is 0 Å². The van der Waals surface area contributed by atoms with Crippen molar-refractivity contribution in [2.75, 3.05) is 0 Å². The summed E-state index contributed by atoms with van der Waals surface area (Å²) in [5.41, 5.74) is 1.52. The second-order valence-electron chi connectivity index (χ2n) is 4.79.